The Bertz CT molecular complexity index is 178. The summed E-state index contributed by atoms with van der Waals surface area (Å²) in [5.74, 6) is 7.28. The third-order valence-electron chi connectivity index (χ3n) is 1.92. The highest BCUT2D eigenvalue weighted by Gasteiger charge is 2.07. The maximum absolute atomic E-state index is 3.51. The van der Waals surface area contributed by atoms with Gasteiger partial charge >= 0.3 is 0 Å². The van der Waals surface area contributed by atoms with E-state index in [1.54, 1.807) is 0 Å². The Morgan fingerprint density at radius 1 is 1.36 bits per heavy atom. The lowest BCUT2D eigenvalue weighted by atomic mass is 10.2. The molecule has 1 atom stereocenters. The van der Waals surface area contributed by atoms with Gasteiger partial charge in [0.2, 0.25) is 0 Å². The van der Waals surface area contributed by atoms with Crippen LogP contribution in [0.25, 0.3) is 0 Å². The molecule has 0 radical (unpaired) electrons. The molecule has 82 valence electrons. The van der Waals surface area contributed by atoms with E-state index in [0.29, 0.717) is 6.04 Å². The molecule has 0 aliphatic carbocycles. The molecule has 0 rings (SSSR count). The minimum absolute atomic E-state index is 0.633. The molecular formula is C12H23NS. The molecule has 2 heteroatoms. The van der Waals surface area contributed by atoms with Gasteiger partial charge in [0.05, 0.1) is 0 Å². The van der Waals surface area contributed by atoms with Gasteiger partial charge in [-0.05, 0) is 25.1 Å². The zero-order valence-corrected chi connectivity index (χ0v) is 10.7. The van der Waals surface area contributed by atoms with E-state index in [2.05, 4.69) is 37.9 Å². The Hall–Kier alpha value is -0.130. The summed E-state index contributed by atoms with van der Waals surface area (Å²) >= 11 is 2.03. The summed E-state index contributed by atoms with van der Waals surface area (Å²) < 4.78 is 0. The number of nitrogens with one attached hydrogen (secondary N) is 1. The summed E-state index contributed by atoms with van der Waals surface area (Å²) in [6, 6.07) is 0.633. The highest BCUT2D eigenvalue weighted by molar-refractivity contribution is 7.99. The zero-order valence-electron chi connectivity index (χ0n) is 9.89. The van der Waals surface area contributed by atoms with Crippen molar-refractivity contribution in [1.29, 1.82) is 0 Å². The van der Waals surface area contributed by atoms with Crippen molar-refractivity contribution in [3.8, 4) is 11.8 Å². The van der Waals surface area contributed by atoms with Crippen LogP contribution in [0.2, 0.25) is 0 Å². The van der Waals surface area contributed by atoms with E-state index >= 15 is 0 Å². The minimum Gasteiger partial charge on any atom is -0.313 e. The van der Waals surface area contributed by atoms with Gasteiger partial charge in [-0.2, -0.15) is 11.8 Å². The van der Waals surface area contributed by atoms with Crippen molar-refractivity contribution in [2.24, 2.45) is 0 Å². The van der Waals surface area contributed by atoms with Gasteiger partial charge in [-0.3, -0.25) is 0 Å². The second kappa shape index (κ2) is 9.43. The van der Waals surface area contributed by atoms with Gasteiger partial charge in [0.25, 0.3) is 0 Å². The molecule has 0 fully saturated rings. The Balaban J connectivity index is 3.68. The summed E-state index contributed by atoms with van der Waals surface area (Å²) in [4.78, 5) is 0. The van der Waals surface area contributed by atoms with Crippen LogP contribution in [0.5, 0.6) is 0 Å². The molecule has 0 bridgehead atoms. The average molecular weight is 213 g/mol. The van der Waals surface area contributed by atoms with Crippen LogP contribution in [0.15, 0.2) is 0 Å². The van der Waals surface area contributed by atoms with Gasteiger partial charge in [-0.25, -0.2) is 0 Å². The van der Waals surface area contributed by atoms with E-state index < -0.39 is 0 Å². The van der Waals surface area contributed by atoms with Crippen molar-refractivity contribution in [3.05, 3.63) is 0 Å². The highest BCUT2D eigenvalue weighted by Crippen LogP contribution is 2.12. The molecule has 0 aliphatic heterocycles. The summed E-state index contributed by atoms with van der Waals surface area (Å²) in [6.45, 7) is 9.63. The molecular weight excluding hydrogens is 190 g/mol. The van der Waals surface area contributed by atoms with Crippen molar-refractivity contribution >= 4 is 11.8 Å². The molecule has 0 aromatic carbocycles. The molecule has 0 aliphatic rings. The predicted molar refractivity (Wildman–Crippen MR) is 67.7 cm³/mol. The Morgan fingerprint density at radius 3 is 2.57 bits per heavy atom. The molecule has 1 N–H and O–H groups in total. The van der Waals surface area contributed by atoms with Crippen molar-refractivity contribution in [1.82, 2.24) is 5.32 Å². The molecule has 1 nitrogen and oxygen atoms in total. The van der Waals surface area contributed by atoms with E-state index in [1.165, 1.54) is 12.2 Å². The molecule has 0 saturated heterocycles. The molecule has 14 heavy (non-hydrogen) atoms. The summed E-state index contributed by atoms with van der Waals surface area (Å²) in [5, 5.41) is 4.24. The van der Waals surface area contributed by atoms with E-state index in [-0.39, 0.29) is 0 Å². The second-order valence-electron chi connectivity index (χ2n) is 3.60. The first-order chi connectivity index (χ1) is 6.70. The van der Waals surface area contributed by atoms with Crippen LogP contribution >= 0.6 is 11.8 Å². The van der Waals surface area contributed by atoms with Gasteiger partial charge in [0, 0.05) is 18.2 Å². The topological polar surface area (TPSA) is 12.0 Å². The van der Waals surface area contributed by atoms with Gasteiger partial charge in [0.15, 0.2) is 0 Å². The van der Waals surface area contributed by atoms with Crippen LogP contribution in [0.3, 0.4) is 0 Å². The lowest BCUT2D eigenvalue weighted by molar-refractivity contribution is 0.544. The quantitative estimate of drug-likeness (QED) is 0.653. The van der Waals surface area contributed by atoms with Gasteiger partial charge < -0.3 is 5.32 Å². The maximum Gasteiger partial charge on any atom is 0.0167 e. The first kappa shape index (κ1) is 13.9. The minimum atomic E-state index is 0.633. The monoisotopic (exact) mass is 213 g/mol. The normalized spacial score (nSPS) is 12.4. The number of hydrogen-bond donors (Lipinski definition) is 1. The number of hydrogen-bond acceptors (Lipinski definition) is 2. The standard InChI is InChI=1S/C12H23NS/c1-5-7-8-9-12(13-6-2)10-14-11(3)4/h11-13H,6,8-10H2,1-4H3. The van der Waals surface area contributed by atoms with Crippen LogP contribution in [0.4, 0.5) is 0 Å². The molecule has 0 amide bonds. The lowest BCUT2D eigenvalue weighted by Gasteiger charge is -2.17. The largest absolute Gasteiger partial charge is 0.313 e. The SMILES string of the molecule is CC#CCCC(CSC(C)C)NCC. The second-order valence-corrected chi connectivity index (χ2v) is 5.21. The Morgan fingerprint density at radius 2 is 2.07 bits per heavy atom. The van der Waals surface area contributed by atoms with Gasteiger partial charge in [-0.1, -0.05) is 20.8 Å². The lowest BCUT2D eigenvalue weighted by Crippen LogP contribution is -2.31. The summed E-state index contributed by atoms with van der Waals surface area (Å²) in [5.41, 5.74) is 0. The molecule has 0 aromatic rings. The molecule has 0 spiro atoms. The van der Waals surface area contributed by atoms with Crippen molar-refractivity contribution in [2.45, 2.75) is 51.8 Å². The van der Waals surface area contributed by atoms with E-state index in [1.807, 2.05) is 18.7 Å². The fraction of sp³-hybridized carbons (Fsp3) is 0.833. The molecule has 0 saturated carbocycles. The molecule has 1 unspecified atom stereocenters. The summed E-state index contributed by atoms with van der Waals surface area (Å²) in [7, 11) is 0. The van der Waals surface area contributed by atoms with Crippen LogP contribution in [0, 0.1) is 11.8 Å². The van der Waals surface area contributed by atoms with Gasteiger partial charge in [-0.15, -0.1) is 11.8 Å². The smallest absolute Gasteiger partial charge is 0.0167 e. The first-order valence-corrected chi connectivity index (χ1v) is 6.50. The van der Waals surface area contributed by atoms with Gasteiger partial charge in [0.1, 0.15) is 0 Å². The van der Waals surface area contributed by atoms with Crippen molar-refractivity contribution < 1.29 is 0 Å². The zero-order chi connectivity index (χ0) is 10.8. The first-order valence-electron chi connectivity index (χ1n) is 5.45. The Labute approximate surface area is 93.4 Å². The predicted octanol–water partition coefficient (Wildman–Crippen LogP) is 2.91. The average Bonchev–Trinajstić information content (AvgIpc) is 2.14. The third kappa shape index (κ3) is 8.47. The highest BCUT2D eigenvalue weighted by atomic mass is 32.2. The van der Waals surface area contributed by atoms with Crippen LogP contribution in [0.1, 0.15) is 40.5 Å². The van der Waals surface area contributed by atoms with E-state index in [9.17, 15) is 0 Å². The molecule has 0 aromatic heterocycles. The number of rotatable bonds is 7. The van der Waals surface area contributed by atoms with Crippen LogP contribution < -0.4 is 5.32 Å². The fourth-order valence-electron chi connectivity index (χ4n) is 1.21. The summed E-state index contributed by atoms with van der Waals surface area (Å²) in [6.07, 6.45) is 2.20. The maximum atomic E-state index is 3.51. The van der Waals surface area contributed by atoms with Crippen molar-refractivity contribution in [3.63, 3.8) is 0 Å². The van der Waals surface area contributed by atoms with Crippen LogP contribution in [-0.4, -0.2) is 23.6 Å². The van der Waals surface area contributed by atoms with E-state index in [4.69, 9.17) is 0 Å². The third-order valence-corrected chi connectivity index (χ3v) is 3.18. The Kier molecular flexibility index (Phi) is 9.34. The number of thioether (sulfide) groups is 1. The van der Waals surface area contributed by atoms with E-state index in [0.717, 1.165) is 18.2 Å². The van der Waals surface area contributed by atoms with Crippen molar-refractivity contribution in [2.75, 3.05) is 12.3 Å². The fourth-order valence-corrected chi connectivity index (χ4v) is 2.11. The molecule has 0 heterocycles. The van der Waals surface area contributed by atoms with Crippen LogP contribution in [-0.2, 0) is 0 Å².